The molecule has 122 valence electrons. The average molecular weight is 311 g/mol. The van der Waals surface area contributed by atoms with Crippen molar-refractivity contribution in [1.82, 2.24) is 9.13 Å². The second-order valence-electron chi connectivity index (χ2n) is 4.89. The van der Waals surface area contributed by atoms with Crippen LogP contribution in [0.1, 0.15) is 43.5 Å². The first-order chi connectivity index (χ1) is 10.3. The van der Waals surface area contributed by atoms with E-state index in [1.165, 1.54) is 11.6 Å². The lowest BCUT2D eigenvalue weighted by atomic mass is 10.2. The fraction of sp³-hybridized carbons (Fsp3) is 0.571. The van der Waals surface area contributed by atoms with Gasteiger partial charge >= 0.3 is 11.7 Å². The highest BCUT2D eigenvalue weighted by Gasteiger charge is 2.22. The van der Waals surface area contributed by atoms with E-state index in [0.717, 1.165) is 4.57 Å². The van der Waals surface area contributed by atoms with Gasteiger partial charge in [-0.05, 0) is 12.8 Å². The largest absolute Gasteiger partial charge is 0.457 e. The normalized spacial score (nSPS) is 10.5. The number of carbonyl (C=O) groups excluding carboxylic acids is 2. The van der Waals surface area contributed by atoms with Crippen LogP contribution in [0.3, 0.4) is 0 Å². The molecule has 0 radical (unpaired) electrons. The van der Waals surface area contributed by atoms with Gasteiger partial charge in [0, 0.05) is 20.0 Å². The topological polar surface area (TPSA) is 113 Å². The van der Waals surface area contributed by atoms with Crippen molar-refractivity contribution in [1.29, 1.82) is 0 Å². The van der Waals surface area contributed by atoms with E-state index in [2.05, 4.69) is 0 Å². The van der Waals surface area contributed by atoms with Gasteiger partial charge < -0.3 is 10.5 Å². The van der Waals surface area contributed by atoms with Crippen molar-refractivity contribution in [2.75, 3.05) is 12.3 Å². The van der Waals surface area contributed by atoms with E-state index in [9.17, 15) is 19.2 Å². The van der Waals surface area contributed by atoms with Crippen LogP contribution in [0.4, 0.5) is 5.82 Å². The predicted molar refractivity (Wildman–Crippen MR) is 80.8 cm³/mol. The van der Waals surface area contributed by atoms with Crippen molar-refractivity contribution < 1.29 is 14.3 Å². The molecule has 0 amide bonds. The summed E-state index contributed by atoms with van der Waals surface area (Å²) < 4.78 is 6.79. The maximum atomic E-state index is 12.1. The first kappa shape index (κ1) is 17.7. The zero-order valence-corrected chi connectivity index (χ0v) is 13.0. The smallest absolute Gasteiger partial charge is 0.332 e. The molecule has 22 heavy (non-hydrogen) atoms. The Morgan fingerprint density at radius 1 is 1.18 bits per heavy atom. The van der Waals surface area contributed by atoms with Crippen molar-refractivity contribution in [2.24, 2.45) is 7.05 Å². The van der Waals surface area contributed by atoms with E-state index in [4.69, 9.17) is 10.5 Å². The van der Waals surface area contributed by atoms with Crippen LogP contribution in [0.2, 0.25) is 0 Å². The Morgan fingerprint density at radius 3 is 2.36 bits per heavy atom. The van der Waals surface area contributed by atoms with Gasteiger partial charge in [0.2, 0.25) is 5.78 Å². The van der Waals surface area contributed by atoms with Crippen LogP contribution in [0, 0.1) is 0 Å². The summed E-state index contributed by atoms with van der Waals surface area (Å²) >= 11 is 0. The zero-order chi connectivity index (χ0) is 16.9. The molecule has 1 aromatic heterocycles. The highest BCUT2D eigenvalue weighted by Crippen LogP contribution is 2.07. The molecule has 0 saturated heterocycles. The van der Waals surface area contributed by atoms with Gasteiger partial charge in [-0.3, -0.25) is 23.5 Å². The minimum Gasteiger partial charge on any atom is -0.457 e. The van der Waals surface area contributed by atoms with Gasteiger partial charge in [-0.1, -0.05) is 13.8 Å². The minimum absolute atomic E-state index is 0.188. The lowest BCUT2D eigenvalue weighted by Crippen LogP contribution is -2.43. The Hall–Kier alpha value is -2.38. The van der Waals surface area contributed by atoms with Crippen molar-refractivity contribution in [2.45, 2.75) is 39.7 Å². The van der Waals surface area contributed by atoms with E-state index in [0.29, 0.717) is 12.8 Å². The molecule has 0 unspecified atom stereocenters. The van der Waals surface area contributed by atoms with E-state index < -0.39 is 29.6 Å². The van der Waals surface area contributed by atoms with Crippen LogP contribution in [0.15, 0.2) is 9.59 Å². The summed E-state index contributed by atoms with van der Waals surface area (Å²) in [5, 5.41) is 0. The van der Waals surface area contributed by atoms with E-state index >= 15 is 0 Å². The van der Waals surface area contributed by atoms with Crippen molar-refractivity contribution >= 4 is 17.6 Å². The maximum absolute atomic E-state index is 12.1. The van der Waals surface area contributed by atoms with Crippen molar-refractivity contribution in [3.63, 3.8) is 0 Å². The van der Waals surface area contributed by atoms with Crippen LogP contribution in [-0.2, 0) is 23.1 Å². The summed E-state index contributed by atoms with van der Waals surface area (Å²) in [6, 6.07) is 0. The number of ether oxygens (including phenoxy) is 1. The van der Waals surface area contributed by atoms with Crippen LogP contribution in [-0.4, -0.2) is 27.5 Å². The number of nitrogen functional groups attached to an aromatic ring is 1. The predicted octanol–water partition coefficient (Wildman–Crippen LogP) is 0.0652. The van der Waals surface area contributed by atoms with E-state index in [-0.39, 0.29) is 24.3 Å². The molecule has 0 bridgehead atoms. The molecule has 0 aliphatic rings. The van der Waals surface area contributed by atoms with Gasteiger partial charge in [0.05, 0.1) is 0 Å². The first-order valence-electron chi connectivity index (χ1n) is 7.13. The fourth-order valence-corrected chi connectivity index (χ4v) is 1.98. The fourth-order valence-electron chi connectivity index (χ4n) is 1.98. The minimum atomic E-state index is -0.786. The average Bonchev–Trinajstić information content (AvgIpc) is 2.48. The number of anilines is 1. The Bertz CT molecular complexity index is 687. The quantitative estimate of drug-likeness (QED) is 0.563. The standard InChI is InChI=1S/C14H21N3O5/c1-4-6-10(19)22-8-9(18)11-12(15)17(7-5-2)14(21)16(3)13(11)20/h4-8,15H2,1-3H3. The summed E-state index contributed by atoms with van der Waals surface area (Å²) in [4.78, 5) is 47.5. The molecule has 8 heteroatoms. The molecule has 1 rings (SSSR count). The van der Waals surface area contributed by atoms with Crippen LogP contribution < -0.4 is 17.0 Å². The van der Waals surface area contributed by atoms with Gasteiger partial charge in [0.1, 0.15) is 11.4 Å². The Kier molecular flexibility index (Phi) is 6.09. The van der Waals surface area contributed by atoms with Crippen LogP contribution in [0.25, 0.3) is 0 Å². The lowest BCUT2D eigenvalue weighted by Gasteiger charge is -2.13. The molecular weight excluding hydrogens is 290 g/mol. The van der Waals surface area contributed by atoms with Gasteiger partial charge in [-0.2, -0.15) is 0 Å². The number of carbonyl (C=O) groups is 2. The third kappa shape index (κ3) is 3.63. The molecule has 0 aliphatic carbocycles. The maximum Gasteiger partial charge on any atom is 0.332 e. The van der Waals surface area contributed by atoms with Gasteiger partial charge in [-0.25, -0.2) is 4.79 Å². The number of nitrogens with zero attached hydrogens (tertiary/aromatic N) is 2. The van der Waals surface area contributed by atoms with Gasteiger partial charge in [0.25, 0.3) is 5.56 Å². The molecule has 0 atom stereocenters. The lowest BCUT2D eigenvalue weighted by molar-refractivity contribution is -0.142. The second kappa shape index (κ2) is 7.58. The number of nitrogens with two attached hydrogens (primary N) is 1. The number of rotatable bonds is 7. The van der Waals surface area contributed by atoms with Gasteiger partial charge in [-0.15, -0.1) is 0 Å². The summed E-state index contributed by atoms with van der Waals surface area (Å²) in [6.45, 7) is 3.36. The molecule has 0 fully saturated rings. The molecular formula is C14H21N3O5. The molecule has 0 aromatic carbocycles. The zero-order valence-electron chi connectivity index (χ0n) is 13.0. The number of ketones is 1. The molecule has 1 heterocycles. The molecule has 2 N–H and O–H groups in total. The number of hydrogen-bond acceptors (Lipinski definition) is 6. The molecule has 0 spiro atoms. The Balaban J connectivity index is 3.19. The molecule has 0 saturated carbocycles. The monoisotopic (exact) mass is 311 g/mol. The third-order valence-corrected chi connectivity index (χ3v) is 3.13. The summed E-state index contributed by atoms with van der Waals surface area (Å²) in [5.74, 6) is -1.42. The first-order valence-corrected chi connectivity index (χ1v) is 7.13. The second-order valence-corrected chi connectivity index (χ2v) is 4.89. The Labute approximate surface area is 127 Å². The summed E-state index contributed by atoms with van der Waals surface area (Å²) in [5.41, 5.74) is 4.11. The SMILES string of the molecule is CCCC(=O)OCC(=O)c1c(N)n(CCC)c(=O)n(C)c1=O. The van der Waals surface area contributed by atoms with E-state index in [1.807, 2.05) is 6.92 Å². The molecule has 0 aliphatic heterocycles. The summed E-state index contributed by atoms with van der Waals surface area (Å²) in [7, 11) is 1.27. The Morgan fingerprint density at radius 2 is 1.82 bits per heavy atom. The number of esters is 1. The number of aromatic nitrogens is 2. The van der Waals surface area contributed by atoms with Crippen molar-refractivity contribution in [3.05, 3.63) is 26.4 Å². The third-order valence-electron chi connectivity index (χ3n) is 3.13. The van der Waals surface area contributed by atoms with E-state index in [1.54, 1.807) is 6.92 Å². The highest BCUT2D eigenvalue weighted by molar-refractivity contribution is 6.01. The van der Waals surface area contributed by atoms with Crippen molar-refractivity contribution in [3.8, 4) is 0 Å². The number of Topliss-reactive ketones (excluding diaryl/α,β-unsaturated/α-hetero) is 1. The van der Waals surface area contributed by atoms with Gasteiger partial charge in [0.15, 0.2) is 6.61 Å². The highest BCUT2D eigenvalue weighted by atomic mass is 16.5. The number of hydrogen-bond donors (Lipinski definition) is 1. The molecule has 8 nitrogen and oxygen atoms in total. The molecule has 1 aromatic rings. The van der Waals surface area contributed by atoms with Crippen LogP contribution in [0.5, 0.6) is 0 Å². The van der Waals surface area contributed by atoms with Crippen LogP contribution >= 0.6 is 0 Å². The summed E-state index contributed by atoms with van der Waals surface area (Å²) in [6.07, 6.45) is 1.40.